The summed E-state index contributed by atoms with van der Waals surface area (Å²) in [7, 11) is 0. The van der Waals surface area contributed by atoms with Gasteiger partial charge in [0.15, 0.2) is 0 Å². The Morgan fingerprint density at radius 2 is 1.91 bits per heavy atom. The number of nitrogens with one attached hydrogen (secondary N) is 1. The molecule has 3 atom stereocenters. The number of hydrogen-bond acceptors (Lipinski definition) is 3. The Hall–Kier alpha value is -2.33. The molecular weight excluding hydrogens is 288 g/mol. The highest BCUT2D eigenvalue weighted by Gasteiger charge is 2.39. The van der Waals surface area contributed by atoms with Crippen LogP contribution in [0.25, 0.3) is 0 Å². The summed E-state index contributed by atoms with van der Waals surface area (Å²) >= 11 is 0. The van der Waals surface area contributed by atoms with Crippen molar-refractivity contribution in [1.29, 1.82) is 0 Å². The van der Waals surface area contributed by atoms with Gasteiger partial charge in [-0.2, -0.15) is 0 Å². The molecule has 1 saturated carbocycles. The normalized spacial score (nSPS) is 20.7. The highest BCUT2D eigenvalue weighted by molar-refractivity contribution is 5.79. The lowest BCUT2D eigenvalue weighted by Crippen LogP contribution is -2.40. The van der Waals surface area contributed by atoms with Crippen LogP contribution in [0.3, 0.4) is 0 Å². The van der Waals surface area contributed by atoms with Crippen molar-refractivity contribution in [3.63, 3.8) is 0 Å². The molecule has 2 aromatic rings. The van der Waals surface area contributed by atoms with E-state index in [1.807, 2.05) is 30.3 Å². The van der Waals surface area contributed by atoms with Crippen LogP contribution in [0.15, 0.2) is 54.6 Å². The van der Waals surface area contributed by atoms with E-state index in [4.69, 9.17) is 10.5 Å². The van der Waals surface area contributed by atoms with Gasteiger partial charge in [0.1, 0.15) is 12.4 Å². The third-order valence-corrected chi connectivity index (χ3v) is 4.24. The highest BCUT2D eigenvalue weighted by Crippen LogP contribution is 2.41. The van der Waals surface area contributed by atoms with E-state index in [0.717, 1.165) is 17.7 Å². The number of rotatable bonds is 7. The maximum absolute atomic E-state index is 11.1. The molecule has 0 saturated heterocycles. The fraction of sp³-hybridized carbons (Fsp3) is 0.316. The Bertz CT molecular complexity index is 655. The molecule has 4 heteroatoms. The van der Waals surface area contributed by atoms with E-state index in [9.17, 15) is 4.79 Å². The van der Waals surface area contributed by atoms with E-state index >= 15 is 0 Å². The van der Waals surface area contributed by atoms with E-state index in [1.54, 1.807) is 6.92 Å². The number of primary amides is 1. The fourth-order valence-electron chi connectivity index (χ4n) is 2.70. The van der Waals surface area contributed by atoms with Crippen LogP contribution in [0.4, 0.5) is 0 Å². The fourth-order valence-corrected chi connectivity index (χ4v) is 2.70. The molecule has 0 heterocycles. The van der Waals surface area contributed by atoms with E-state index < -0.39 is 0 Å². The second-order valence-electron chi connectivity index (χ2n) is 6.08. The van der Waals surface area contributed by atoms with Crippen molar-refractivity contribution < 1.29 is 9.53 Å². The van der Waals surface area contributed by atoms with Gasteiger partial charge in [0, 0.05) is 12.0 Å². The molecule has 23 heavy (non-hydrogen) atoms. The van der Waals surface area contributed by atoms with Crippen LogP contribution >= 0.6 is 0 Å². The lowest BCUT2D eigenvalue weighted by Gasteiger charge is -2.10. The number of amides is 1. The van der Waals surface area contributed by atoms with Crippen LogP contribution in [-0.2, 0) is 11.4 Å². The zero-order chi connectivity index (χ0) is 16.2. The molecule has 3 rings (SSSR count). The number of carbonyl (C=O) groups excluding carboxylic acids is 1. The van der Waals surface area contributed by atoms with Crippen molar-refractivity contribution in [2.75, 3.05) is 0 Å². The minimum Gasteiger partial charge on any atom is -0.489 e. The summed E-state index contributed by atoms with van der Waals surface area (Å²) in [6.07, 6.45) is 1.04. The van der Waals surface area contributed by atoms with Gasteiger partial charge in [-0.3, -0.25) is 4.79 Å². The summed E-state index contributed by atoms with van der Waals surface area (Å²) in [6, 6.07) is 18.4. The summed E-state index contributed by atoms with van der Waals surface area (Å²) in [5, 5.41) is 3.26. The molecular formula is C19H22N2O2. The molecule has 0 spiro atoms. The largest absolute Gasteiger partial charge is 0.489 e. The Labute approximate surface area is 136 Å². The van der Waals surface area contributed by atoms with Crippen molar-refractivity contribution in [2.45, 2.75) is 38.0 Å². The molecule has 0 unspecified atom stereocenters. The van der Waals surface area contributed by atoms with Gasteiger partial charge in [-0.15, -0.1) is 0 Å². The van der Waals surface area contributed by atoms with Crippen molar-refractivity contribution >= 4 is 5.91 Å². The van der Waals surface area contributed by atoms with Gasteiger partial charge in [-0.05, 0) is 36.6 Å². The predicted octanol–water partition coefficient (Wildman–Crippen LogP) is 2.58. The molecule has 2 aromatic carbocycles. The first-order chi connectivity index (χ1) is 11.1. The van der Waals surface area contributed by atoms with Crippen LogP contribution in [0.2, 0.25) is 0 Å². The molecule has 4 nitrogen and oxygen atoms in total. The average Bonchev–Trinajstić information content (AvgIpc) is 3.33. The second kappa shape index (κ2) is 6.84. The SMILES string of the molecule is C[C@@H](N[C@@H]1C[C@H]1c1ccc(OCc2ccccc2)cc1)C(N)=O. The Morgan fingerprint density at radius 1 is 1.22 bits per heavy atom. The topological polar surface area (TPSA) is 64.3 Å². The van der Waals surface area contributed by atoms with Gasteiger partial charge >= 0.3 is 0 Å². The molecule has 0 aliphatic heterocycles. The van der Waals surface area contributed by atoms with Gasteiger partial charge < -0.3 is 15.8 Å². The van der Waals surface area contributed by atoms with Gasteiger partial charge in [0.2, 0.25) is 5.91 Å². The van der Waals surface area contributed by atoms with Crippen molar-refractivity contribution in [2.24, 2.45) is 5.73 Å². The first-order valence-electron chi connectivity index (χ1n) is 7.95. The highest BCUT2D eigenvalue weighted by atomic mass is 16.5. The van der Waals surface area contributed by atoms with Crippen molar-refractivity contribution in [1.82, 2.24) is 5.32 Å². The lowest BCUT2D eigenvalue weighted by molar-refractivity contribution is -0.119. The number of benzene rings is 2. The van der Waals surface area contributed by atoms with E-state index in [2.05, 4.69) is 29.6 Å². The summed E-state index contributed by atoms with van der Waals surface area (Å²) in [5.41, 5.74) is 7.71. The van der Waals surface area contributed by atoms with Crippen LogP contribution in [0, 0.1) is 0 Å². The molecule has 0 bridgehead atoms. The van der Waals surface area contributed by atoms with Crippen LogP contribution < -0.4 is 15.8 Å². The minimum atomic E-state index is -0.305. The van der Waals surface area contributed by atoms with Crippen molar-refractivity contribution in [3.05, 3.63) is 65.7 Å². The zero-order valence-corrected chi connectivity index (χ0v) is 13.2. The first kappa shape index (κ1) is 15.6. The third-order valence-electron chi connectivity index (χ3n) is 4.24. The maximum atomic E-state index is 11.1. The maximum Gasteiger partial charge on any atom is 0.234 e. The van der Waals surface area contributed by atoms with Crippen LogP contribution in [0.1, 0.15) is 30.4 Å². The van der Waals surface area contributed by atoms with Crippen molar-refractivity contribution in [3.8, 4) is 5.75 Å². The number of hydrogen-bond donors (Lipinski definition) is 2. The summed E-state index contributed by atoms with van der Waals surface area (Å²) in [5.74, 6) is 1.02. The Morgan fingerprint density at radius 3 is 2.57 bits per heavy atom. The molecule has 1 fully saturated rings. The Balaban J connectivity index is 1.51. The summed E-state index contributed by atoms with van der Waals surface area (Å²) < 4.78 is 5.79. The molecule has 1 aliphatic rings. The van der Waals surface area contributed by atoms with E-state index in [-0.39, 0.29) is 11.9 Å². The molecule has 0 aromatic heterocycles. The van der Waals surface area contributed by atoms with E-state index in [1.165, 1.54) is 5.56 Å². The second-order valence-corrected chi connectivity index (χ2v) is 6.08. The summed E-state index contributed by atoms with van der Waals surface area (Å²) in [6.45, 7) is 2.38. The minimum absolute atomic E-state index is 0.279. The quantitative estimate of drug-likeness (QED) is 0.826. The van der Waals surface area contributed by atoms with Gasteiger partial charge in [-0.25, -0.2) is 0 Å². The number of nitrogens with two attached hydrogens (primary N) is 1. The molecule has 1 amide bonds. The van der Waals surface area contributed by atoms with Gasteiger partial charge in [0.05, 0.1) is 6.04 Å². The van der Waals surface area contributed by atoms with Crippen LogP contribution in [0.5, 0.6) is 5.75 Å². The van der Waals surface area contributed by atoms with Crippen LogP contribution in [-0.4, -0.2) is 18.0 Å². The smallest absolute Gasteiger partial charge is 0.234 e. The number of ether oxygens (including phenoxy) is 1. The zero-order valence-electron chi connectivity index (χ0n) is 13.2. The average molecular weight is 310 g/mol. The monoisotopic (exact) mass is 310 g/mol. The predicted molar refractivity (Wildman–Crippen MR) is 90.2 cm³/mol. The lowest BCUT2D eigenvalue weighted by atomic mass is 10.1. The molecule has 120 valence electrons. The molecule has 0 radical (unpaired) electrons. The van der Waals surface area contributed by atoms with Gasteiger partial charge in [-0.1, -0.05) is 42.5 Å². The van der Waals surface area contributed by atoms with E-state index in [0.29, 0.717) is 18.6 Å². The Kier molecular flexibility index (Phi) is 4.63. The molecule has 1 aliphatic carbocycles. The third kappa shape index (κ3) is 4.11. The van der Waals surface area contributed by atoms with Gasteiger partial charge in [0.25, 0.3) is 0 Å². The standard InChI is InChI=1S/C19H22N2O2/c1-13(19(20)22)21-18-11-17(18)15-7-9-16(10-8-15)23-12-14-5-3-2-4-6-14/h2-10,13,17-18,21H,11-12H2,1H3,(H2,20,22)/t13-,17+,18-/m1/s1. The number of carbonyl (C=O) groups is 1. The first-order valence-corrected chi connectivity index (χ1v) is 7.95. The molecule has 3 N–H and O–H groups in total. The summed E-state index contributed by atoms with van der Waals surface area (Å²) in [4.78, 5) is 11.1.